The van der Waals surface area contributed by atoms with Crippen LogP contribution in [0.3, 0.4) is 0 Å². The first kappa shape index (κ1) is 10.1. The first-order valence-corrected chi connectivity index (χ1v) is 4.74. The minimum atomic E-state index is -1.41. The lowest BCUT2D eigenvalue weighted by molar-refractivity contribution is -0.151. The van der Waals surface area contributed by atoms with Gasteiger partial charge in [0.15, 0.2) is 5.54 Å². The lowest BCUT2D eigenvalue weighted by atomic mass is 9.91. The largest absolute Gasteiger partial charge is 0.467 e. The summed E-state index contributed by atoms with van der Waals surface area (Å²) in [6, 6.07) is 7.26. The number of esters is 1. The number of fused-ring (bicyclic) bond motifs is 1. The molecule has 3 N–H and O–H groups in total. The number of hydrogen-bond donors (Lipinski definition) is 2. The number of aliphatic hydroxyl groups is 1. The van der Waals surface area contributed by atoms with E-state index < -0.39 is 17.6 Å². The Labute approximate surface area is 87.7 Å². The monoisotopic (exact) mass is 207 g/mol. The number of rotatable bonds is 1. The van der Waals surface area contributed by atoms with Gasteiger partial charge in [-0.3, -0.25) is 0 Å². The van der Waals surface area contributed by atoms with Crippen LogP contribution in [0.5, 0.6) is 0 Å². The van der Waals surface area contributed by atoms with E-state index in [0.29, 0.717) is 12.0 Å². The predicted molar refractivity (Wildman–Crippen MR) is 54.0 cm³/mol. The lowest BCUT2D eigenvalue weighted by Crippen LogP contribution is -2.52. The third-order valence-electron chi connectivity index (χ3n) is 2.93. The molecule has 0 spiro atoms. The Morgan fingerprint density at radius 2 is 2.27 bits per heavy atom. The molecule has 1 aromatic carbocycles. The molecule has 0 aromatic heterocycles. The maximum absolute atomic E-state index is 11.6. The second-order valence-electron chi connectivity index (χ2n) is 3.74. The predicted octanol–water partition coefficient (Wildman–Crippen LogP) is -0.0694. The summed E-state index contributed by atoms with van der Waals surface area (Å²) in [6.45, 7) is 0. The highest BCUT2D eigenvalue weighted by atomic mass is 16.5. The van der Waals surface area contributed by atoms with E-state index in [9.17, 15) is 9.90 Å². The van der Waals surface area contributed by atoms with Crippen LogP contribution in [0.25, 0.3) is 0 Å². The molecule has 15 heavy (non-hydrogen) atoms. The van der Waals surface area contributed by atoms with Crippen molar-refractivity contribution in [2.75, 3.05) is 7.11 Å². The fourth-order valence-electron chi connectivity index (χ4n) is 2.07. The Kier molecular flexibility index (Phi) is 2.25. The van der Waals surface area contributed by atoms with Crippen LogP contribution in [0.4, 0.5) is 0 Å². The van der Waals surface area contributed by atoms with Crippen LogP contribution in [-0.4, -0.2) is 24.3 Å². The van der Waals surface area contributed by atoms with Crippen molar-refractivity contribution >= 4 is 5.97 Å². The van der Waals surface area contributed by atoms with Crippen LogP contribution >= 0.6 is 0 Å². The smallest absolute Gasteiger partial charge is 0.333 e. The van der Waals surface area contributed by atoms with Gasteiger partial charge in [0, 0.05) is 6.42 Å². The topological polar surface area (TPSA) is 72.5 Å². The fourth-order valence-corrected chi connectivity index (χ4v) is 2.07. The van der Waals surface area contributed by atoms with Crippen molar-refractivity contribution in [2.45, 2.75) is 18.1 Å². The van der Waals surface area contributed by atoms with E-state index in [1.54, 1.807) is 12.1 Å². The van der Waals surface area contributed by atoms with Crippen LogP contribution in [0.1, 0.15) is 11.1 Å². The summed E-state index contributed by atoms with van der Waals surface area (Å²) in [4.78, 5) is 11.6. The van der Waals surface area contributed by atoms with E-state index in [4.69, 9.17) is 5.73 Å². The van der Waals surface area contributed by atoms with Crippen molar-refractivity contribution in [3.63, 3.8) is 0 Å². The van der Waals surface area contributed by atoms with Gasteiger partial charge in [0.1, 0.15) is 0 Å². The molecule has 1 aromatic rings. The Morgan fingerprint density at radius 3 is 2.93 bits per heavy atom. The maximum atomic E-state index is 11.6. The summed E-state index contributed by atoms with van der Waals surface area (Å²) >= 11 is 0. The molecule has 0 saturated carbocycles. The quantitative estimate of drug-likeness (QED) is 0.632. The van der Waals surface area contributed by atoms with Crippen LogP contribution < -0.4 is 5.73 Å². The Morgan fingerprint density at radius 1 is 1.60 bits per heavy atom. The van der Waals surface area contributed by atoms with Gasteiger partial charge in [-0.25, -0.2) is 4.79 Å². The number of carbonyl (C=O) groups is 1. The highest BCUT2D eigenvalue weighted by molar-refractivity contribution is 5.85. The number of benzene rings is 1. The van der Waals surface area contributed by atoms with Gasteiger partial charge in [-0.2, -0.15) is 0 Å². The number of methoxy groups -OCH3 is 1. The van der Waals surface area contributed by atoms with Crippen molar-refractivity contribution < 1.29 is 14.6 Å². The van der Waals surface area contributed by atoms with Crippen molar-refractivity contribution in [1.29, 1.82) is 0 Å². The fraction of sp³-hybridized carbons (Fsp3) is 0.364. The number of nitrogens with two attached hydrogens (primary N) is 1. The average molecular weight is 207 g/mol. The lowest BCUT2D eigenvalue weighted by Gasteiger charge is -2.25. The van der Waals surface area contributed by atoms with E-state index >= 15 is 0 Å². The second-order valence-corrected chi connectivity index (χ2v) is 3.74. The van der Waals surface area contributed by atoms with E-state index in [2.05, 4.69) is 4.74 Å². The Balaban J connectivity index is 2.54. The number of carbonyl (C=O) groups excluding carboxylic acids is 1. The second kappa shape index (κ2) is 3.32. The van der Waals surface area contributed by atoms with E-state index in [0.717, 1.165) is 5.56 Å². The molecule has 4 nitrogen and oxygen atoms in total. The van der Waals surface area contributed by atoms with Crippen molar-refractivity contribution in [1.82, 2.24) is 0 Å². The minimum absolute atomic E-state index is 0.391. The summed E-state index contributed by atoms with van der Waals surface area (Å²) in [5.41, 5.74) is 6.09. The average Bonchev–Trinajstić information content (AvgIpc) is 2.52. The normalized spacial score (nSPS) is 28.6. The summed E-state index contributed by atoms with van der Waals surface area (Å²) in [6.07, 6.45) is -0.524. The molecule has 0 fully saturated rings. The van der Waals surface area contributed by atoms with Gasteiger partial charge < -0.3 is 15.6 Å². The van der Waals surface area contributed by atoms with E-state index in [1.807, 2.05) is 12.1 Å². The van der Waals surface area contributed by atoms with Gasteiger partial charge in [0.2, 0.25) is 0 Å². The Hall–Kier alpha value is -1.39. The minimum Gasteiger partial charge on any atom is -0.467 e. The molecule has 80 valence electrons. The standard InChI is InChI=1S/C11H13NO3/c1-15-10(14)11(12)8-5-3-2-4-7(8)6-9(11)13/h2-5,9,13H,6,12H2,1H3. The third-order valence-corrected chi connectivity index (χ3v) is 2.93. The molecule has 1 aliphatic rings. The molecule has 2 atom stereocenters. The SMILES string of the molecule is COC(=O)C1(N)c2ccccc2CC1O. The maximum Gasteiger partial charge on any atom is 0.333 e. The summed E-state index contributed by atoms with van der Waals surface area (Å²) in [5.74, 6) is -0.597. The molecule has 0 saturated heterocycles. The van der Waals surface area contributed by atoms with Gasteiger partial charge in [-0.1, -0.05) is 24.3 Å². The summed E-state index contributed by atoms with van der Waals surface area (Å²) in [7, 11) is 1.27. The molecule has 0 radical (unpaired) electrons. The van der Waals surface area contributed by atoms with Gasteiger partial charge in [0.25, 0.3) is 0 Å². The summed E-state index contributed by atoms with van der Waals surface area (Å²) < 4.78 is 4.64. The van der Waals surface area contributed by atoms with E-state index in [-0.39, 0.29) is 0 Å². The highest BCUT2D eigenvalue weighted by Gasteiger charge is 2.50. The third kappa shape index (κ3) is 1.26. The number of hydrogen-bond acceptors (Lipinski definition) is 4. The first-order chi connectivity index (χ1) is 7.10. The van der Waals surface area contributed by atoms with Gasteiger partial charge in [-0.15, -0.1) is 0 Å². The van der Waals surface area contributed by atoms with Gasteiger partial charge in [-0.05, 0) is 11.1 Å². The van der Waals surface area contributed by atoms with E-state index in [1.165, 1.54) is 7.11 Å². The zero-order valence-electron chi connectivity index (χ0n) is 8.43. The highest BCUT2D eigenvalue weighted by Crippen LogP contribution is 2.35. The molecule has 0 heterocycles. The molecular formula is C11H13NO3. The molecule has 0 aliphatic heterocycles. The van der Waals surface area contributed by atoms with Crippen LogP contribution in [0.15, 0.2) is 24.3 Å². The van der Waals surface area contributed by atoms with Crippen molar-refractivity contribution in [2.24, 2.45) is 5.73 Å². The first-order valence-electron chi connectivity index (χ1n) is 4.74. The zero-order valence-corrected chi connectivity index (χ0v) is 8.43. The van der Waals surface area contributed by atoms with Crippen LogP contribution in [0, 0.1) is 0 Å². The van der Waals surface area contributed by atoms with Gasteiger partial charge in [0.05, 0.1) is 13.2 Å². The zero-order chi connectivity index (χ0) is 11.1. The molecule has 1 aliphatic carbocycles. The van der Waals surface area contributed by atoms with Crippen LogP contribution in [-0.2, 0) is 21.5 Å². The van der Waals surface area contributed by atoms with Crippen molar-refractivity contribution in [3.8, 4) is 0 Å². The van der Waals surface area contributed by atoms with Crippen LogP contribution in [0.2, 0.25) is 0 Å². The van der Waals surface area contributed by atoms with Crippen molar-refractivity contribution in [3.05, 3.63) is 35.4 Å². The molecule has 2 rings (SSSR count). The molecule has 0 bridgehead atoms. The number of aliphatic hydroxyl groups excluding tert-OH is 1. The summed E-state index contributed by atoms with van der Waals surface area (Å²) in [5, 5.41) is 9.85. The Bertz CT molecular complexity index is 405. The molecule has 0 amide bonds. The van der Waals surface area contributed by atoms with Gasteiger partial charge >= 0.3 is 5.97 Å². The molecular weight excluding hydrogens is 194 g/mol. The molecule has 2 unspecified atom stereocenters. The molecule has 4 heteroatoms. The number of ether oxygens (including phenoxy) is 1.